The molecule has 0 radical (unpaired) electrons. The fourth-order valence-electron chi connectivity index (χ4n) is 2.48. The monoisotopic (exact) mass is 346 g/mol. The Morgan fingerprint density at radius 1 is 1.55 bits per heavy atom. The predicted octanol–water partition coefficient (Wildman–Crippen LogP) is 0.739. The fraction of sp³-hybridized carbons (Fsp3) is 0.538. The van der Waals surface area contributed by atoms with Gasteiger partial charge in [0.05, 0.1) is 18.4 Å². The lowest BCUT2D eigenvalue weighted by molar-refractivity contribution is -0.117. The number of carbonyl (C=O) groups excluding carboxylic acids is 2. The number of hydrogen-bond acceptors (Lipinski definition) is 6. The van der Waals surface area contributed by atoms with Crippen LogP contribution in [0.5, 0.6) is 0 Å². The Balaban J connectivity index is 2.30. The second kappa shape index (κ2) is 6.35. The SMILES string of the molecule is CCc1cc(C(=O)OC)c(N2CC(CS(N)(=O)=O)CC2=O)s1. The molecule has 22 heavy (non-hydrogen) atoms. The topological polar surface area (TPSA) is 107 Å². The molecule has 1 aliphatic heterocycles. The number of amides is 1. The molecular formula is C13H18N2O5S2. The highest BCUT2D eigenvalue weighted by molar-refractivity contribution is 7.89. The van der Waals surface area contributed by atoms with Crippen molar-refractivity contribution in [2.45, 2.75) is 19.8 Å². The van der Waals surface area contributed by atoms with Gasteiger partial charge in [-0.3, -0.25) is 4.79 Å². The number of carbonyl (C=O) groups is 2. The van der Waals surface area contributed by atoms with Gasteiger partial charge < -0.3 is 9.64 Å². The number of nitrogens with zero attached hydrogens (tertiary/aromatic N) is 1. The fourth-order valence-corrected chi connectivity index (χ4v) is 4.47. The molecule has 2 heterocycles. The average molecular weight is 346 g/mol. The van der Waals surface area contributed by atoms with Gasteiger partial charge >= 0.3 is 5.97 Å². The van der Waals surface area contributed by atoms with Crippen LogP contribution in [0.4, 0.5) is 5.00 Å². The second-order valence-electron chi connectivity index (χ2n) is 5.18. The summed E-state index contributed by atoms with van der Waals surface area (Å²) in [5.41, 5.74) is 0.342. The number of thiophene rings is 1. The summed E-state index contributed by atoms with van der Waals surface area (Å²) < 4.78 is 27.1. The molecule has 0 saturated carbocycles. The van der Waals surface area contributed by atoms with E-state index in [0.717, 1.165) is 11.3 Å². The zero-order chi connectivity index (χ0) is 16.5. The third-order valence-corrected chi connectivity index (χ3v) is 5.67. The first-order valence-electron chi connectivity index (χ1n) is 6.77. The molecule has 0 aliphatic carbocycles. The summed E-state index contributed by atoms with van der Waals surface area (Å²) in [6.07, 6.45) is 0.841. The summed E-state index contributed by atoms with van der Waals surface area (Å²) in [4.78, 5) is 26.5. The average Bonchev–Trinajstić information content (AvgIpc) is 2.99. The van der Waals surface area contributed by atoms with Crippen LogP contribution in [0.15, 0.2) is 6.07 Å². The number of aryl methyl sites for hydroxylation is 1. The van der Waals surface area contributed by atoms with Crippen molar-refractivity contribution < 1.29 is 22.7 Å². The molecule has 1 aliphatic rings. The summed E-state index contributed by atoms with van der Waals surface area (Å²) in [7, 11) is -2.35. The number of hydrogen-bond donors (Lipinski definition) is 1. The van der Waals surface area contributed by atoms with Crippen LogP contribution in [0.1, 0.15) is 28.6 Å². The quantitative estimate of drug-likeness (QED) is 0.791. The van der Waals surface area contributed by atoms with Gasteiger partial charge in [0.25, 0.3) is 0 Å². The molecule has 7 nitrogen and oxygen atoms in total. The lowest BCUT2D eigenvalue weighted by atomic mass is 10.1. The molecular weight excluding hydrogens is 328 g/mol. The normalized spacial score (nSPS) is 18.8. The van der Waals surface area contributed by atoms with E-state index in [1.807, 2.05) is 6.92 Å². The molecule has 1 unspecified atom stereocenters. The molecule has 1 fully saturated rings. The molecule has 1 saturated heterocycles. The third-order valence-electron chi connectivity index (χ3n) is 3.44. The molecule has 0 aromatic carbocycles. The predicted molar refractivity (Wildman–Crippen MR) is 83.5 cm³/mol. The van der Waals surface area contributed by atoms with E-state index in [1.54, 1.807) is 6.07 Å². The van der Waals surface area contributed by atoms with Gasteiger partial charge in [-0.15, -0.1) is 11.3 Å². The van der Waals surface area contributed by atoms with Crippen molar-refractivity contribution in [2.75, 3.05) is 24.3 Å². The number of anilines is 1. The van der Waals surface area contributed by atoms with Gasteiger partial charge in [0.15, 0.2) is 0 Å². The smallest absolute Gasteiger partial charge is 0.340 e. The van der Waals surface area contributed by atoms with E-state index < -0.39 is 16.0 Å². The van der Waals surface area contributed by atoms with Gasteiger partial charge in [-0.25, -0.2) is 18.4 Å². The van der Waals surface area contributed by atoms with E-state index in [-0.39, 0.29) is 30.5 Å². The lowest BCUT2D eigenvalue weighted by Gasteiger charge is -2.16. The zero-order valence-corrected chi connectivity index (χ0v) is 14.0. The molecule has 0 spiro atoms. The summed E-state index contributed by atoms with van der Waals surface area (Å²) in [5, 5.41) is 5.56. The Hall–Kier alpha value is -1.45. The number of esters is 1. The van der Waals surface area contributed by atoms with Gasteiger partial charge in [-0.1, -0.05) is 6.92 Å². The van der Waals surface area contributed by atoms with Gasteiger partial charge in [0.1, 0.15) is 5.00 Å². The number of sulfonamides is 1. The molecule has 122 valence electrons. The highest BCUT2D eigenvalue weighted by Crippen LogP contribution is 2.36. The lowest BCUT2D eigenvalue weighted by Crippen LogP contribution is -2.28. The third kappa shape index (κ3) is 3.65. The minimum absolute atomic E-state index is 0.108. The summed E-state index contributed by atoms with van der Waals surface area (Å²) >= 11 is 1.35. The minimum Gasteiger partial charge on any atom is -0.465 e. The van der Waals surface area contributed by atoms with Crippen LogP contribution < -0.4 is 10.0 Å². The Bertz CT molecular complexity index is 695. The van der Waals surface area contributed by atoms with Gasteiger partial charge in [-0.05, 0) is 12.5 Å². The van der Waals surface area contributed by atoms with E-state index >= 15 is 0 Å². The second-order valence-corrected chi connectivity index (χ2v) is 7.95. The first-order chi connectivity index (χ1) is 10.2. The van der Waals surface area contributed by atoms with Gasteiger partial charge in [0.2, 0.25) is 15.9 Å². The number of rotatable bonds is 5. The molecule has 2 rings (SSSR count). The maximum absolute atomic E-state index is 12.2. The Morgan fingerprint density at radius 2 is 2.23 bits per heavy atom. The van der Waals surface area contributed by atoms with E-state index in [1.165, 1.54) is 23.3 Å². The van der Waals surface area contributed by atoms with Crippen molar-refractivity contribution in [3.05, 3.63) is 16.5 Å². The van der Waals surface area contributed by atoms with Crippen LogP contribution in [0.3, 0.4) is 0 Å². The Kier molecular flexibility index (Phi) is 4.88. The first-order valence-corrected chi connectivity index (χ1v) is 9.30. The van der Waals surface area contributed by atoms with Crippen molar-refractivity contribution in [2.24, 2.45) is 11.1 Å². The summed E-state index contributed by atoms with van der Waals surface area (Å²) in [5.74, 6) is -1.31. The van der Waals surface area contributed by atoms with Crippen molar-refractivity contribution in [1.82, 2.24) is 0 Å². The zero-order valence-electron chi connectivity index (χ0n) is 12.4. The largest absolute Gasteiger partial charge is 0.465 e. The van der Waals surface area contributed by atoms with E-state index in [4.69, 9.17) is 9.88 Å². The Morgan fingerprint density at radius 3 is 2.77 bits per heavy atom. The maximum atomic E-state index is 12.2. The van der Waals surface area contributed by atoms with Crippen molar-refractivity contribution in [3.8, 4) is 0 Å². The van der Waals surface area contributed by atoms with Crippen LogP contribution in [-0.4, -0.2) is 39.7 Å². The molecule has 1 aromatic rings. The molecule has 9 heteroatoms. The van der Waals surface area contributed by atoms with Crippen molar-refractivity contribution >= 4 is 38.2 Å². The molecule has 1 atom stereocenters. The van der Waals surface area contributed by atoms with E-state index in [0.29, 0.717) is 10.6 Å². The van der Waals surface area contributed by atoms with Crippen molar-refractivity contribution in [1.29, 1.82) is 0 Å². The van der Waals surface area contributed by atoms with Crippen LogP contribution in [0.25, 0.3) is 0 Å². The van der Waals surface area contributed by atoms with Crippen LogP contribution in [-0.2, 0) is 26.0 Å². The minimum atomic E-state index is -3.63. The van der Waals surface area contributed by atoms with Crippen LogP contribution in [0, 0.1) is 5.92 Å². The maximum Gasteiger partial charge on any atom is 0.340 e. The standard InChI is InChI=1S/C13H18N2O5S2/c1-3-9-5-10(13(17)20-2)12(21-9)15-6-8(4-11(15)16)7-22(14,18)19/h5,8H,3-4,6-7H2,1-2H3,(H2,14,18,19). The number of primary sulfonamides is 1. The highest BCUT2D eigenvalue weighted by Gasteiger charge is 2.35. The van der Waals surface area contributed by atoms with E-state index in [9.17, 15) is 18.0 Å². The van der Waals surface area contributed by atoms with Crippen molar-refractivity contribution in [3.63, 3.8) is 0 Å². The summed E-state index contributed by atoms with van der Waals surface area (Å²) in [6, 6.07) is 1.71. The van der Waals surface area contributed by atoms with E-state index in [2.05, 4.69) is 0 Å². The number of nitrogens with two attached hydrogens (primary N) is 1. The molecule has 2 N–H and O–H groups in total. The van der Waals surface area contributed by atoms with Gasteiger partial charge in [0, 0.05) is 23.8 Å². The number of ether oxygens (including phenoxy) is 1. The van der Waals surface area contributed by atoms with Crippen LogP contribution in [0.2, 0.25) is 0 Å². The molecule has 0 bridgehead atoms. The highest BCUT2D eigenvalue weighted by atomic mass is 32.2. The summed E-state index contributed by atoms with van der Waals surface area (Å²) in [6.45, 7) is 2.19. The molecule has 1 amide bonds. The first kappa shape index (κ1) is 16.9. The Labute approximate surface area is 133 Å². The van der Waals surface area contributed by atoms with Gasteiger partial charge in [-0.2, -0.15) is 0 Å². The number of methoxy groups -OCH3 is 1. The molecule has 1 aromatic heterocycles. The van der Waals surface area contributed by atoms with Crippen LogP contribution >= 0.6 is 11.3 Å².